The topological polar surface area (TPSA) is 17.1 Å². The van der Waals surface area contributed by atoms with Crippen LogP contribution in [0.25, 0.3) is 0 Å². The number of hydrogen-bond acceptors (Lipinski definition) is 1. The summed E-state index contributed by atoms with van der Waals surface area (Å²) in [5.74, 6) is 0.556. The molecule has 1 unspecified atom stereocenters. The van der Waals surface area contributed by atoms with Gasteiger partial charge in [0.15, 0.2) is 0 Å². The monoisotopic (exact) mass is 126 g/mol. The molecule has 0 saturated carbocycles. The van der Waals surface area contributed by atoms with Gasteiger partial charge < -0.3 is 4.79 Å². The molecule has 1 nitrogen and oxygen atoms in total. The van der Waals surface area contributed by atoms with Crippen LogP contribution < -0.4 is 0 Å². The van der Waals surface area contributed by atoms with Crippen LogP contribution in [-0.2, 0) is 4.79 Å². The first-order valence-electron chi connectivity index (χ1n) is 3.37. The molecular formula is C8H14O. The zero-order valence-corrected chi connectivity index (χ0v) is 6.13. The first-order valence-corrected chi connectivity index (χ1v) is 3.37. The van der Waals surface area contributed by atoms with Gasteiger partial charge in [0.25, 0.3) is 0 Å². The third-order valence-corrected chi connectivity index (χ3v) is 1.26. The molecule has 1 heteroatoms. The SMILES string of the molecule is CC=CC(C)CCC=O. The van der Waals surface area contributed by atoms with Gasteiger partial charge in [0, 0.05) is 6.42 Å². The molecule has 0 fully saturated rings. The molecule has 0 spiro atoms. The fourth-order valence-electron chi connectivity index (χ4n) is 0.756. The lowest BCUT2D eigenvalue weighted by atomic mass is 10.1. The molecule has 0 bridgehead atoms. The lowest BCUT2D eigenvalue weighted by molar-refractivity contribution is -0.108. The molecule has 0 aliphatic heterocycles. The molecule has 0 aliphatic carbocycles. The highest BCUT2D eigenvalue weighted by molar-refractivity contribution is 5.49. The zero-order valence-electron chi connectivity index (χ0n) is 6.13. The Morgan fingerprint density at radius 2 is 2.22 bits per heavy atom. The van der Waals surface area contributed by atoms with E-state index >= 15 is 0 Å². The van der Waals surface area contributed by atoms with E-state index < -0.39 is 0 Å². The van der Waals surface area contributed by atoms with Crippen LogP contribution in [0.3, 0.4) is 0 Å². The van der Waals surface area contributed by atoms with Crippen molar-refractivity contribution in [3.63, 3.8) is 0 Å². The smallest absolute Gasteiger partial charge is 0.120 e. The molecule has 0 aromatic heterocycles. The zero-order chi connectivity index (χ0) is 7.11. The van der Waals surface area contributed by atoms with Gasteiger partial charge in [-0.05, 0) is 19.3 Å². The number of allylic oxidation sites excluding steroid dienone is 2. The summed E-state index contributed by atoms with van der Waals surface area (Å²) in [6.45, 7) is 4.11. The van der Waals surface area contributed by atoms with Gasteiger partial charge in [-0.25, -0.2) is 0 Å². The highest BCUT2D eigenvalue weighted by Gasteiger charge is 1.93. The maximum atomic E-state index is 9.89. The molecule has 52 valence electrons. The summed E-state index contributed by atoms with van der Waals surface area (Å²) in [5, 5.41) is 0. The summed E-state index contributed by atoms with van der Waals surface area (Å²) >= 11 is 0. The average Bonchev–Trinajstić information content (AvgIpc) is 1.85. The van der Waals surface area contributed by atoms with Crippen LogP contribution in [0.4, 0.5) is 0 Å². The van der Waals surface area contributed by atoms with Gasteiger partial charge in [0.05, 0.1) is 0 Å². The summed E-state index contributed by atoms with van der Waals surface area (Å²) in [6.07, 6.45) is 6.78. The Kier molecular flexibility index (Phi) is 5.18. The van der Waals surface area contributed by atoms with E-state index in [1.54, 1.807) is 0 Å². The Bertz CT molecular complexity index is 94.7. The molecule has 1 atom stereocenters. The van der Waals surface area contributed by atoms with Gasteiger partial charge in [-0.1, -0.05) is 19.1 Å². The quantitative estimate of drug-likeness (QED) is 0.417. The first kappa shape index (κ1) is 8.41. The van der Waals surface area contributed by atoms with E-state index in [0.29, 0.717) is 12.3 Å². The molecule has 9 heavy (non-hydrogen) atoms. The lowest BCUT2D eigenvalue weighted by Crippen LogP contribution is -1.88. The van der Waals surface area contributed by atoms with Crippen LogP contribution in [-0.4, -0.2) is 6.29 Å². The number of carbonyl (C=O) groups is 1. The molecule has 0 aromatic rings. The predicted octanol–water partition coefficient (Wildman–Crippen LogP) is 2.18. The van der Waals surface area contributed by atoms with Gasteiger partial charge in [0.1, 0.15) is 6.29 Å². The van der Waals surface area contributed by atoms with E-state index in [4.69, 9.17) is 0 Å². The minimum atomic E-state index is 0.556. The van der Waals surface area contributed by atoms with Crippen molar-refractivity contribution in [1.29, 1.82) is 0 Å². The Morgan fingerprint density at radius 1 is 1.56 bits per heavy atom. The summed E-state index contributed by atoms with van der Waals surface area (Å²) < 4.78 is 0. The van der Waals surface area contributed by atoms with Crippen LogP contribution in [0, 0.1) is 5.92 Å². The molecule has 0 aliphatic rings. The number of carbonyl (C=O) groups excluding carboxylic acids is 1. The van der Waals surface area contributed by atoms with Crippen molar-refractivity contribution >= 4 is 6.29 Å². The molecule has 0 amide bonds. The third-order valence-electron chi connectivity index (χ3n) is 1.26. The molecule has 0 radical (unpaired) electrons. The van der Waals surface area contributed by atoms with Crippen LogP contribution in [0.1, 0.15) is 26.7 Å². The van der Waals surface area contributed by atoms with E-state index in [9.17, 15) is 4.79 Å². The minimum Gasteiger partial charge on any atom is -0.303 e. The van der Waals surface area contributed by atoms with E-state index in [1.807, 2.05) is 13.0 Å². The molecule has 0 heterocycles. The van der Waals surface area contributed by atoms with Crippen molar-refractivity contribution < 1.29 is 4.79 Å². The second-order valence-electron chi connectivity index (χ2n) is 2.25. The molecule has 0 N–H and O–H groups in total. The highest BCUT2D eigenvalue weighted by Crippen LogP contribution is 2.04. The van der Waals surface area contributed by atoms with Crippen molar-refractivity contribution in [3.8, 4) is 0 Å². The van der Waals surface area contributed by atoms with Crippen LogP contribution in [0.15, 0.2) is 12.2 Å². The molecule has 0 aromatic carbocycles. The Morgan fingerprint density at radius 3 is 2.67 bits per heavy atom. The van der Waals surface area contributed by atoms with Crippen LogP contribution >= 0.6 is 0 Å². The molecule has 0 saturated heterocycles. The van der Waals surface area contributed by atoms with Gasteiger partial charge in [0.2, 0.25) is 0 Å². The second kappa shape index (κ2) is 5.54. The van der Waals surface area contributed by atoms with Crippen molar-refractivity contribution in [1.82, 2.24) is 0 Å². The third kappa shape index (κ3) is 5.28. The van der Waals surface area contributed by atoms with E-state index in [2.05, 4.69) is 13.0 Å². The van der Waals surface area contributed by atoms with Crippen molar-refractivity contribution in [2.45, 2.75) is 26.7 Å². The van der Waals surface area contributed by atoms with Gasteiger partial charge in [-0.15, -0.1) is 0 Å². The first-order chi connectivity index (χ1) is 4.31. The van der Waals surface area contributed by atoms with Gasteiger partial charge in [-0.2, -0.15) is 0 Å². The summed E-state index contributed by atoms with van der Waals surface area (Å²) in [7, 11) is 0. The van der Waals surface area contributed by atoms with Gasteiger partial charge >= 0.3 is 0 Å². The van der Waals surface area contributed by atoms with Crippen LogP contribution in [0.2, 0.25) is 0 Å². The van der Waals surface area contributed by atoms with E-state index in [1.165, 1.54) is 0 Å². The van der Waals surface area contributed by atoms with Crippen molar-refractivity contribution in [3.05, 3.63) is 12.2 Å². The summed E-state index contributed by atoms with van der Waals surface area (Å²) in [6, 6.07) is 0. The largest absolute Gasteiger partial charge is 0.303 e. The van der Waals surface area contributed by atoms with Crippen LogP contribution in [0.5, 0.6) is 0 Å². The molecule has 0 rings (SSSR count). The van der Waals surface area contributed by atoms with Crippen molar-refractivity contribution in [2.24, 2.45) is 5.92 Å². The lowest BCUT2D eigenvalue weighted by Gasteiger charge is -1.99. The average molecular weight is 126 g/mol. The fourth-order valence-corrected chi connectivity index (χ4v) is 0.756. The standard InChI is InChI=1S/C8H14O/c1-3-5-8(2)6-4-7-9/h3,5,7-8H,4,6H2,1-2H3. The summed E-state index contributed by atoms with van der Waals surface area (Å²) in [4.78, 5) is 9.89. The maximum absolute atomic E-state index is 9.89. The highest BCUT2D eigenvalue weighted by atomic mass is 16.1. The minimum absolute atomic E-state index is 0.556. The number of aldehydes is 1. The molecular weight excluding hydrogens is 112 g/mol. The summed E-state index contributed by atoms with van der Waals surface area (Å²) in [5.41, 5.74) is 0. The van der Waals surface area contributed by atoms with E-state index in [-0.39, 0.29) is 0 Å². The van der Waals surface area contributed by atoms with Crippen molar-refractivity contribution in [2.75, 3.05) is 0 Å². The Labute approximate surface area is 56.8 Å². The predicted molar refractivity (Wildman–Crippen MR) is 39.3 cm³/mol. The second-order valence-corrected chi connectivity index (χ2v) is 2.25. The Hall–Kier alpha value is -0.590. The fraction of sp³-hybridized carbons (Fsp3) is 0.625. The van der Waals surface area contributed by atoms with Gasteiger partial charge in [-0.3, -0.25) is 0 Å². The maximum Gasteiger partial charge on any atom is 0.120 e. The Balaban J connectivity index is 3.25. The van der Waals surface area contributed by atoms with E-state index in [0.717, 1.165) is 12.7 Å². The normalized spacial score (nSPS) is 14.0. The number of hydrogen-bond donors (Lipinski definition) is 0. The number of rotatable bonds is 4.